The van der Waals surface area contributed by atoms with E-state index in [9.17, 15) is 4.79 Å². The van der Waals surface area contributed by atoms with Gasteiger partial charge in [0.15, 0.2) is 0 Å². The van der Waals surface area contributed by atoms with E-state index in [1.807, 2.05) is 74.8 Å². The summed E-state index contributed by atoms with van der Waals surface area (Å²) in [7, 11) is 0. The molecule has 0 fully saturated rings. The third-order valence-electron chi connectivity index (χ3n) is 5.27. The van der Waals surface area contributed by atoms with Crippen LogP contribution in [0.4, 0.5) is 5.69 Å². The Hall–Kier alpha value is -3.00. The van der Waals surface area contributed by atoms with E-state index in [1.54, 1.807) is 0 Å². The van der Waals surface area contributed by atoms with Gasteiger partial charge in [-0.2, -0.15) is 0 Å². The average molecular weight is 424 g/mol. The van der Waals surface area contributed by atoms with Crippen molar-refractivity contribution in [3.8, 4) is 5.75 Å². The van der Waals surface area contributed by atoms with Gasteiger partial charge in [0.25, 0.3) is 0 Å². The number of anilines is 1. The van der Waals surface area contributed by atoms with E-state index in [0.29, 0.717) is 11.8 Å². The van der Waals surface area contributed by atoms with Crippen LogP contribution in [-0.4, -0.2) is 32.6 Å². The minimum absolute atomic E-state index is 0.0769. The van der Waals surface area contributed by atoms with E-state index in [2.05, 4.69) is 20.9 Å². The topological polar surface area (TPSA) is 81.1 Å². The molecule has 1 aliphatic rings. The monoisotopic (exact) mass is 423 g/mol. The second kappa shape index (κ2) is 8.39. The molecule has 156 valence electrons. The first kappa shape index (κ1) is 20.3. The van der Waals surface area contributed by atoms with Crippen LogP contribution >= 0.6 is 11.8 Å². The van der Waals surface area contributed by atoms with Crippen LogP contribution in [-0.2, 0) is 4.79 Å². The molecule has 7 nitrogen and oxygen atoms in total. The zero-order chi connectivity index (χ0) is 21.3. The number of hydrogen-bond donors (Lipinski definition) is 2. The van der Waals surface area contributed by atoms with E-state index in [4.69, 9.17) is 4.74 Å². The van der Waals surface area contributed by atoms with Crippen LogP contribution in [0.2, 0.25) is 0 Å². The Morgan fingerprint density at radius 3 is 2.67 bits per heavy atom. The Labute approximate surface area is 180 Å². The fourth-order valence-electron chi connectivity index (χ4n) is 3.44. The van der Waals surface area contributed by atoms with Gasteiger partial charge >= 0.3 is 0 Å². The van der Waals surface area contributed by atoms with Crippen LogP contribution in [0, 0.1) is 20.8 Å². The van der Waals surface area contributed by atoms with E-state index in [1.165, 1.54) is 11.8 Å². The van der Waals surface area contributed by atoms with Crippen LogP contribution in [0.25, 0.3) is 0 Å². The summed E-state index contributed by atoms with van der Waals surface area (Å²) in [5, 5.41) is 11.7. The van der Waals surface area contributed by atoms with E-state index < -0.39 is 5.25 Å². The van der Waals surface area contributed by atoms with Crippen molar-refractivity contribution < 1.29 is 9.53 Å². The van der Waals surface area contributed by atoms with Crippen LogP contribution in [0.5, 0.6) is 5.75 Å². The number of aromatic nitrogens is 3. The smallest absolute Gasteiger partial charge is 0.240 e. The summed E-state index contributed by atoms with van der Waals surface area (Å²) in [6.07, 6.45) is 0. The van der Waals surface area contributed by atoms with Gasteiger partial charge in [-0.1, -0.05) is 36.0 Å². The maximum atomic E-state index is 13.3. The Morgan fingerprint density at radius 2 is 1.93 bits per heavy atom. The van der Waals surface area contributed by atoms with E-state index in [-0.39, 0.29) is 11.9 Å². The van der Waals surface area contributed by atoms with Crippen molar-refractivity contribution in [1.29, 1.82) is 0 Å². The average Bonchev–Trinajstić information content (AvgIpc) is 3.11. The van der Waals surface area contributed by atoms with Crippen molar-refractivity contribution in [1.82, 2.24) is 14.9 Å². The summed E-state index contributed by atoms with van der Waals surface area (Å²) >= 11 is 1.42. The second-order valence-corrected chi connectivity index (χ2v) is 8.36. The van der Waals surface area contributed by atoms with Crippen molar-refractivity contribution in [3.63, 3.8) is 0 Å². The summed E-state index contributed by atoms with van der Waals surface area (Å²) in [6, 6.07) is 13.5. The number of benzene rings is 2. The molecule has 2 aromatic carbocycles. The number of aryl methyl sites for hydroxylation is 2. The standard InChI is InChI=1S/C22H25N5O2S/c1-5-29-17-11-9-16(10-12-17)19-20(30-22-25-24-15(4)27(22)26-19)21(28)23-18-8-6-7-13(2)14(18)3/h6-12,19-20,26H,5H2,1-4H3,(H,23,28)/t19-,20-/m1/s1. The molecule has 4 rings (SSSR count). The Bertz CT molecular complexity index is 1060. The van der Waals surface area contributed by atoms with Gasteiger partial charge in [0.1, 0.15) is 16.8 Å². The molecule has 1 aromatic heterocycles. The Morgan fingerprint density at radius 1 is 1.17 bits per heavy atom. The van der Waals surface area contributed by atoms with Crippen molar-refractivity contribution in [2.24, 2.45) is 0 Å². The Balaban J connectivity index is 1.65. The first-order valence-corrected chi connectivity index (χ1v) is 10.8. The number of nitrogens with one attached hydrogen (secondary N) is 2. The fourth-order valence-corrected chi connectivity index (χ4v) is 4.56. The molecule has 30 heavy (non-hydrogen) atoms. The highest BCUT2D eigenvalue weighted by atomic mass is 32.2. The highest BCUT2D eigenvalue weighted by Crippen LogP contribution is 2.38. The summed E-state index contributed by atoms with van der Waals surface area (Å²) in [4.78, 5) is 13.3. The molecule has 0 spiro atoms. The summed E-state index contributed by atoms with van der Waals surface area (Å²) in [5.41, 5.74) is 7.45. The number of carbonyl (C=O) groups excluding carboxylic acids is 1. The quantitative estimate of drug-likeness (QED) is 0.646. The number of rotatable bonds is 5. The number of fused-ring (bicyclic) bond motifs is 1. The molecule has 1 amide bonds. The number of thioether (sulfide) groups is 1. The summed E-state index contributed by atoms with van der Waals surface area (Å²) in [6.45, 7) is 8.51. The van der Waals surface area contributed by atoms with Crippen LogP contribution in [0.15, 0.2) is 47.6 Å². The van der Waals surface area contributed by atoms with Gasteiger partial charge in [-0.15, -0.1) is 10.2 Å². The predicted octanol–water partition coefficient (Wildman–Crippen LogP) is 4.00. The summed E-state index contributed by atoms with van der Waals surface area (Å²) in [5.74, 6) is 1.48. The maximum absolute atomic E-state index is 13.3. The highest BCUT2D eigenvalue weighted by Gasteiger charge is 2.37. The van der Waals surface area contributed by atoms with Crippen LogP contribution in [0.3, 0.4) is 0 Å². The van der Waals surface area contributed by atoms with Crippen molar-refractivity contribution in [2.45, 2.75) is 44.1 Å². The SMILES string of the molecule is CCOc1ccc([C@H]2Nn3c(C)nnc3S[C@H]2C(=O)Nc2cccc(C)c2C)cc1. The van der Waals surface area contributed by atoms with Gasteiger partial charge in [-0.3, -0.25) is 4.79 Å². The zero-order valence-corrected chi connectivity index (χ0v) is 18.3. The molecule has 0 saturated heterocycles. The molecular formula is C22H25N5O2S. The first-order valence-electron chi connectivity index (χ1n) is 9.93. The fraction of sp³-hybridized carbons (Fsp3) is 0.318. The first-order chi connectivity index (χ1) is 14.5. The van der Waals surface area contributed by atoms with Gasteiger partial charge < -0.3 is 15.5 Å². The van der Waals surface area contributed by atoms with Crippen molar-refractivity contribution >= 4 is 23.4 Å². The molecule has 2 atom stereocenters. The molecule has 0 unspecified atom stereocenters. The van der Waals surface area contributed by atoms with Gasteiger partial charge in [-0.25, -0.2) is 4.68 Å². The molecular weight excluding hydrogens is 398 g/mol. The normalized spacial score (nSPS) is 17.7. The number of nitrogens with zero attached hydrogens (tertiary/aromatic N) is 3. The molecule has 0 saturated carbocycles. The lowest BCUT2D eigenvalue weighted by Crippen LogP contribution is -2.41. The predicted molar refractivity (Wildman–Crippen MR) is 119 cm³/mol. The third kappa shape index (κ3) is 3.87. The zero-order valence-electron chi connectivity index (χ0n) is 17.5. The number of ether oxygens (including phenoxy) is 1. The van der Waals surface area contributed by atoms with Crippen molar-refractivity contribution in [3.05, 3.63) is 65.0 Å². The van der Waals surface area contributed by atoms with Crippen LogP contribution < -0.4 is 15.5 Å². The third-order valence-corrected chi connectivity index (χ3v) is 6.48. The lowest BCUT2D eigenvalue weighted by molar-refractivity contribution is -0.116. The minimum atomic E-state index is -0.418. The van der Waals surface area contributed by atoms with Gasteiger partial charge in [0.05, 0.1) is 12.6 Å². The van der Waals surface area contributed by atoms with Gasteiger partial charge in [0, 0.05) is 5.69 Å². The molecule has 2 N–H and O–H groups in total. The maximum Gasteiger partial charge on any atom is 0.240 e. The molecule has 0 bridgehead atoms. The summed E-state index contributed by atoms with van der Waals surface area (Å²) < 4.78 is 7.40. The van der Waals surface area contributed by atoms with Crippen LogP contribution in [0.1, 0.15) is 35.5 Å². The molecule has 0 radical (unpaired) electrons. The minimum Gasteiger partial charge on any atom is -0.494 e. The molecule has 0 aliphatic carbocycles. The molecule has 1 aliphatic heterocycles. The number of hydrogen-bond acceptors (Lipinski definition) is 6. The van der Waals surface area contributed by atoms with Gasteiger partial charge in [0.2, 0.25) is 11.1 Å². The molecule has 2 heterocycles. The van der Waals surface area contributed by atoms with Gasteiger partial charge in [-0.05, 0) is 62.6 Å². The number of amides is 1. The highest BCUT2D eigenvalue weighted by molar-refractivity contribution is 8.00. The number of carbonyl (C=O) groups is 1. The molecule has 8 heteroatoms. The second-order valence-electron chi connectivity index (χ2n) is 7.25. The lowest BCUT2D eigenvalue weighted by atomic mass is 10.0. The largest absolute Gasteiger partial charge is 0.494 e. The molecule has 3 aromatic rings. The Kier molecular flexibility index (Phi) is 5.67. The van der Waals surface area contributed by atoms with E-state index >= 15 is 0 Å². The lowest BCUT2D eigenvalue weighted by Gasteiger charge is -2.33. The van der Waals surface area contributed by atoms with Crippen molar-refractivity contribution in [2.75, 3.05) is 17.3 Å². The van der Waals surface area contributed by atoms with E-state index in [0.717, 1.165) is 34.0 Å².